The van der Waals surface area contributed by atoms with Crippen LogP contribution in [0.5, 0.6) is 11.5 Å². The van der Waals surface area contributed by atoms with E-state index in [-0.39, 0.29) is 11.7 Å². The average Bonchev–Trinajstić information content (AvgIpc) is 2.89. The Hall–Kier alpha value is -3.93. The lowest BCUT2D eigenvalue weighted by Crippen LogP contribution is -2.20. The molecule has 1 amide bonds. The number of hydrogen-bond donors (Lipinski definition) is 1. The monoisotopic (exact) mass is 470 g/mol. The fourth-order valence-corrected chi connectivity index (χ4v) is 4.48. The van der Waals surface area contributed by atoms with Crippen molar-refractivity contribution in [1.29, 1.82) is 0 Å². The number of nitrogens with one attached hydrogen (secondary N) is 1. The Morgan fingerprint density at radius 3 is 2.51 bits per heavy atom. The Kier molecular flexibility index (Phi) is 6.89. The molecule has 0 aliphatic heterocycles. The normalized spacial score (nSPS) is 14.0. The van der Waals surface area contributed by atoms with E-state index in [4.69, 9.17) is 9.47 Å². The van der Waals surface area contributed by atoms with Gasteiger partial charge in [-0.25, -0.2) is 4.39 Å². The van der Waals surface area contributed by atoms with E-state index in [1.807, 2.05) is 42.5 Å². The fourth-order valence-electron chi connectivity index (χ4n) is 4.48. The van der Waals surface area contributed by atoms with Crippen LogP contribution in [-0.2, 0) is 6.61 Å². The molecule has 0 spiro atoms. The molecular formula is C29H27FN2O3. The maximum atomic E-state index is 14.3. The molecule has 1 heterocycles. The number of carbonyl (C=O) groups excluding carboxylic acids is 1. The van der Waals surface area contributed by atoms with Crippen molar-refractivity contribution in [3.05, 3.63) is 96.1 Å². The molecule has 1 N–H and O–H groups in total. The van der Waals surface area contributed by atoms with Gasteiger partial charge in [0.25, 0.3) is 5.91 Å². The SMILES string of the molecule is O=C(Nc1ccc(OCc2ccncc2)c2ccccc12)c1cc(F)cc(OC2CCCCC2)c1. The summed E-state index contributed by atoms with van der Waals surface area (Å²) < 4.78 is 26.4. The molecule has 5 rings (SSSR count). The van der Waals surface area contributed by atoms with E-state index in [0.717, 1.165) is 42.0 Å². The first-order chi connectivity index (χ1) is 17.2. The van der Waals surface area contributed by atoms with Crippen LogP contribution in [0.15, 0.2) is 79.1 Å². The molecule has 1 aromatic heterocycles. The summed E-state index contributed by atoms with van der Waals surface area (Å²) in [5.74, 6) is 0.220. The fraction of sp³-hybridized carbons (Fsp3) is 0.241. The van der Waals surface area contributed by atoms with E-state index in [0.29, 0.717) is 23.8 Å². The van der Waals surface area contributed by atoms with Gasteiger partial charge >= 0.3 is 0 Å². The van der Waals surface area contributed by atoms with E-state index >= 15 is 0 Å². The van der Waals surface area contributed by atoms with E-state index in [9.17, 15) is 9.18 Å². The lowest BCUT2D eigenvalue weighted by molar-refractivity contribution is 0.102. The third-order valence-corrected chi connectivity index (χ3v) is 6.26. The van der Waals surface area contributed by atoms with E-state index < -0.39 is 11.7 Å². The standard InChI is InChI=1S/C29H27FN2O3/c30-22-16-21(17-24(18-22)35-23-6-2-1-3-7-23)29(33)32-27-10-11-28(26-9-5-4-8-25(26)27)34-19-20-12-14-31-15-13-20/h4-5,8-18,23H,1-3,6-7,19H2,(H,32,33). The third kappa shape index (κ3) is 5.60. The summed E-state index contributed by atoms with van der Waals surface area (Å²) in [6.45, 7) is 0.408. The van der Waals surface area contributed by atoms with Crippen LogP contribution in [0.4, 0.5) is 10.1 Å². The van der Waals surface area contributed by atoms with Crippen molar-refractivity contribution in [3.63, 3.8) is 0 Å². The minimum Gasteiger partial charge on any atom is -0.490 e. The van der Waals surface area contributed by atoms with Crippen molar-refractivity contribution in [2.45, 2.75) is 44.8 Å². The van der Waals surface area contributed by atoms with Crippen molar-refractivity contribution in [2.75, 3.05) is 5.32 Å². The predicted molar refractivity (Wildman–Crippen MR) is 134 cm³/mol. The molecule has 1 aliphatic carbocycles. The second-order valence-electron chi connectivity index (χ2n) is 8.81. The number of pyridine rings is 1. The molecule has 1 saturated carbocycles. The highest BCUT2D eigenvalue weighted by Crippen LogP contribution is 2.33. The Morgan fingerprint density at radius 2 is 1.71 bits per heavy atom. The number of anilines is 1. The third-order valence-electron chi connectivity index (χ3n) is 6.26. The second-order valence-corrected chi connectivity index (χ2v) is 8.81. The van der Waals surface area contributed by atoms with Gasteiger partial charge in [0.15, 0.2) is 0 Å². The summed E-state index contributed by atoms with van der Waals surface area (Å²) in [5.41, 5.74) is 1.86. The van der Waals surface area contributed by atoms with Gasteiger partial charge < -0.3 is 14.8 Å². The lowest BCUT2D eigenvalue weighted by atomic mass is 9.98. The molecule has 0 radical (unpaired) electrons. The van der Waals surface area contributed by atoms with Crippen LogP contribution < -0.4 is 14.8 Å². The van der Waals surface area contributed by atoms with Gasteiger partial charge in [-0.05, 0) is 67.6 Å². The quantitative estimate of drug-likeness (QED) is 0.319. The molecule has 0 unspecified atom stereocenters. The molecule has 1 fully saturated rings. The minimum absolute atomic E-state index is 0.0742. The number of benzene rings is 3. The largest absolute Gasteiger partial charge is 0.490 e. The van der Waals surface area contributed by atoms with Crippen LogP contribution in [0.3, 0.4) is 0 Å². The number of aromatic nitrogens is 1. The van der Waals surface area contributed by atoms with Crippen LogP contribution in [-0.4, -0.2) is 17.0 Å². The minimum atomic E-state index is -0.492. The van der Waals surface area contributed by atoms with Gasteiger partial charge in [0, 0.05) is 40.5 Å². The van der Waals surface area contributed by atoms with Crippen LogP contribution in [0.2, 0.25) is 0 Å². The highest BCUT2D eigenvalue weighted by molar-refractivity contribution is 6.10. The van der Waals surface area contributed by atoms with Gasteiger partial charge in [0.1, 0.15) is 23.9 Å². The van der Waals surface area contributed by atoms with E-state index in [1.54, 1.807) is 24.5 Å². The summed E-state index contributed by atoms with van der Waals surface area (Å²) in [6, 6.07) is 19.3. The van der Waals surface area contributed by atoms with Gasteiger partial charge in [-0.1, -0.05) is 30.7 Å². The smallest absolute Gasteiger partial charge is 0.255 e. The molecule has 6 heteroatoms. The number of amides is 1. The molecular weight excluding hydrogens is 443 g/mol. The zero-order valence-corrected chi connectivity index (χ0v) is 19.4. The van der Waals surface area contributed by atoms with Crippen LogP contribution >= 0.6 is 0 Å². The van der Waals surface area contributed by atoms with Crippen LogP contribution in [0.25, 0.3) is 10.8 Å². The van der Waals surface area contributed by atoms with Gasteiger partial charge in [-0.15, -0.1) is 0 Å². The number of ether oxygens (including phenoxy) is 2. The maximum absolute atomic E-state index is 14.3. The molecule has 5 nitrogen and oxygen atoms in total. The molecule has 1 aliphatic rings. The number of fused-ring (bicyclic) bond motifs is 1. The van der Waals surface area contributed by atoms with Crippen molar-refractivity contribution < 1.29 is 18.7 Å². The first kappa shape index (κ1) is 22.8. The molecule has 35 heavy (non-hydrogen) atoms. The summed E-state index contributed by atoms with van der Waals surface area (Å²) >= 11 is 0. The molecule has 0 saturated heterocycles. The zero-order chi connectivity index (χ0) is 24.0. The summed E-state index contributed by atoms with van der Waals surface area (Å²) in [5, 5.41) is 4.65. The number of rotatable bonds is 7. The van der Waals surface area contributed by atoms with Gasteiger partial charge in [0.05, 0.1) is 6.10 Å². The molecule has 0 bridgehead atoms. The Balaban J connectivity index is 1.35. The van der Waals surface area contributed by atoms with Crippen LogP contribution in [0.1, 0.15) is 48.0 Å². The van der Waals surface area contributed by atoms with E-state index in [2.05, 4.69) is 10.3 Å². The Bertz CT molecular complexity index is 1320. The lowest BCUT2D eigenvalue weighted by Gasteiger charge is -2.23. The number of halogens is 1. The topological polar surface area (TPSA) is 60.5 Å². The Morgan fingerprint density at radius 1 is 0.943 bits per heavy atom. The number of carbonyl (C=O) groups is 1. The molecule has 3 aromatic carbocycles. The van der Waals surface area contributed by atoms with Crippen molar-refractivity contribution >= 4 is 22.4 Å². The second kappa shape index (κ2) is 10.6. The summed E-state index contributed by atoms with van der Waals surface area (Å²) in [4.78, 5) is 17.1. The van der Waals surface area contributed by atoms with E-state index in [1.165, 1.54) is 18.6 Å². The summed E-state index contributed by atoms with van der Waals surface area (Å²) in [6.07, 6.45) is 8.88. The van der Waals surface area contributed by atoms with Gasteiger partial charge in [0.2, 0.25) is 0 Å². The first-order valence-corrected chi connectivity index (χ1v) is 12.0. The number of hydrogen-bond acceptors (Lipinski definition) is 4. The van der Waals surface area contributed by atoms with Crippen LogP contribution in [0, 0.1) is 5.82 Å². The van der Waals surface area contributed by atoms with Crippen molar-refractivity contribution in [3.8, 4) is 11.5 Å². The summed E-state index contributed by atoms with van der Waals surface area (Å²) in [7, 11) is 0. The predicted octanol–water partition coefficient (Wildman–Crippen LogP) is 6.92. The first-order valence-electron chi connectivity index (χ1n) is 12.0. The molecule has 178 valence electrons. The average molecular weight is 471 g/mol. The van der Waals surface area contributed by atoms with Crippen molar-refractivity contribution in [2.24, 2.45) is 0 Å². The zero-order valence-electron chi connectivity index (χ0n) is 19.4. The Labute approximate surface area is 203 Å². The molecule has 4 aromatic rings. The molecule has 0 atom stereocenters. The van der Waals surface area contributed by atoms with Gasteiger partial charge in [-0.2, -0.15) is 0 Å². The van der Waals surface area contributed by atoms with Gasteiger partial charge in [-0.3, -0.25) is 9.78 Å². The maximum Gasteiger partial charge on any atom is 0.255 e. The highest BCUT2D eigenvalue weighted by atomic mass is 19.1. The number of nitrogens with zero attached hydrogens (tertiary/aromatic N) is 1. The van der Waals surface area contributed by atoms with Crippen molar-refractivity contribution in [1.82, 2.24) is 4.98 Å². The highest BCUT2D eigenvalue weighted by Gasteiger charge is 2.17.